The first-order valence-corrected chi connectivity index (χ1v) is 12.5. The lowest BCUT2D eigenvalue weighted by Crippen LogP contribution is -2.39. The van der Waals surface area contributed by atoms with Gasteiger partial charge in [-0.2, -0.15) is 13.2 Å². The second-order valence-electron chi connectivity index (χ2n) is 10.0. The molecule has 0 radical (unpaired) electrons. The summed E-state index contributed by atoms with van der Waals surface area (Å²) < 4.78 is 50.4. The zero-order chi connectivity index (χ0) is 28.8. The van der Waals surface area contributed by atoms with E-state index in [0.717, 1.165) is 29.4 Å². The Morgan fingerprint density at radius 3 is 2.51 bits per heavy atom. The maximum Gasteiger partial charge on any atom is 0.416 e. The molecule has 0 aliphatic carbocycles. The van der Waals surface area contributed by atoms with Gasteiger partial charge in [0.2, 0.25) is 0 Å². The smallest absolute Gasteiger partial charge is 0.416 e. The molecule has 0 saturated carbocycles. The molecule has 1 heterocycles. The van der Waals surface area contributed by atoms with Gasteiger partial charge in [0.25, 0.3) is 5.91 Å². The molecule has 1 aliphatic rings. The van der Waals surface area contributed by atoms with Gasteiger partial charge in [-0.25, -0.2) is 4.79 Å². The van der Waals surface area contributed by atoms with E-state index in [1.807, 2.05) is 32.9 Å². The van der Waals surface area contributed by atoms with Crippen LogP contribution in [-0.2, 0) is 24.1 Å². The van der Waals surface area contributed by atoms with Gasteiger partial charge >= 0.3 is 12.3 Å². The van der Waals surface area contributed by atoms with Gasteiger partial charge in [-0.3, -0.25) is 4.79 Å². The second-order valence-corrected chi connectivity index (χ2v) is 10.0. The number of benzene rings is 2. The summed E-state index contributed by atoms with van der Waals surface area (Å²) in [5.74, 6) is -0.0256. The first kappa shape index (κ1) is 29.5. The highest BCUT2D eigenvalue weighted by Gasteiger charge is 2.31. The molecule has 9 heteroatoms. The van der Waals surface area contributed by atoms with E-state index in [0.29, 0.717) is 36.5 Å². The predicted molar refractivity (Wildman–Crippen MR) is 145 cm³/mol. The maximum atomic E-state index is 13.2. The van der Waals surface area contributed by atoms with Gasteiger partial charge in [0.1, 0.15) is 11.4 Å². The number of hydrogen-bond acceptors (Lipinski definition) is 4. The number of rotatable bonds is 7. The van der Waals surface area contributed by atoms with Crippen molar-refractivity contribution >= 4 is 17.7 Å². The van der Waals surface area contributed by atoms with Crippen LogP contribution in [0.1, 0.15) is 47.8 Å². The van der Waals surface area contributed by atoms with Gasteiger partial charge in [0.05, 0.1) is 12.7 Å². The van der Waals surface area contributed by atoms with Gasteiger partial charge in [-0.1, -0.05) is 43.0 Å². The third-order valence-corrected chi connectivity index (χ3v) is 5.97. The van der Waals surface area contributed by atoms with Crippen molar-refractivity contribution in [3.63, 3.8) is 0 Å². The molecule has 1 N–H and O–H groups in total. The number of amides is 2. The number of nitrogens with zero attached hydrogens (tertiary/aromatic N) is 1. The Morgan fingerprint density at radius 2 is 1.87 bits per heavy atom. The van der Waals surface area contributed by atoms with Crippen molar-refractivity contribution in [3.8, 4) is 5.75 Å². The molecule has 3 rings (SSSR count). The normalized spacial score (nSPS) is 14.1. The number of hydrogen-bond donors (Lipinski definition) is 1. The van der Waals surface area contributed by atoms with Crippen molar-refractivity contribution in [1.29, 1.82) is 0 Å². The Bertz CT molecular complexity index is 1290. The summed E-state index contributed by atoms with van der Waals surface area (Å²) in [6, 6.07) is 10.4. The van der Waals surface area contributed by atoms with Crippen LogP contribution < -0.4 is 10.1 Å². The van der Waals surface area contributed by atoms with E-state index in [1.165, 1.54) is 13.2 Å². The summed E-state index contributed by atoms with van der Waals surface area (Å²) in [6.45, 7) is 9.69. The minimum absolute atomic E-state index is 0.0437. The molecule has 0 fully saturated rings. The minimum Gasteiger partial charge on any atom is -0.496 e. The number of halogens is 3. The van der Waals surface area contributed by atoms with Crippen molar-refractivity contribution in [2.45, 2.75) is 51.9 Å². The van der Waals surface area contributed by atoms with Crippen LogP contribution in [0, 0.1) is 0 Å². The summed E-state index contributed by atoms with van der Waals surface area (Å²) in [6.07, 6.45) is 0.00881. The van der Waals surface area contributed by atoms with Crippen LogP contribution in [0.4, 0.5) is 23.7 Å². The SMILES string of the molecule is C=C/C=C(\C=C/Cc1c(OC)cccc1C(=O)Nc1ccc2c(c1)CCN(C(=O)OC(C)(C)C)C2)C(F)(F)F. The van der Waals surface area contributed by atoms with Crippen molar-refractivity contribution in [2.75, 3.05) is 19.0 Å². The van der Waals surface area contributed by atoms with E-state index in [9.17, 15) is 22.8 Å². The lowest BCUT2D eigenvalue weighted by Gasteiger charge is -2.31. The first-order valence-electron chi connectivity index (χ1n) is 12.5. The molecule has 0 spiro atoms. The zero-order valence-corrected chi connectivity index (χ0v) is 22.5. The van der Waals surface area contributed by atoms with Gasteiger partial charge in [-0.15, -0.1) is 0 Å². The number of allylic oxidation sites excluding steroid dienone is 5. The van der Waals surface area contributed by atoms with Crippen molar-refractivity contribution in [1.82, 2.24) is 4.90 Å². The number of carbonyl (C=O) groups is 2. The average Bonchev–Trinajstić information content (AvgIpc) is 2.86. The molecular formula is C30H33F3N2O4. The summed E-state index contributed by atoms with van der Waals surface area (Å²) in [4.78, 5) is 27.3. The van der Waals surface area contributed by atoms with Crippen LogP contribution in [0.25, 0.3) is 0 Å². The maximum absolute atomic E-state index is 13.2. The van der Waals surface area contributed by atoms with Crippen molar-refractivity contribution in [3.05, 3.63) is 95.1 Å². The Balaban J connectivity index is 1.77. The third kappa shape index (κ3) is 7.99. The summed E-state index contributed by atoms with van der Waals surface area (Å²) in [5.41, 5.74) is 1.86. The van der Waals surface area contributed by atoms with Crippen LogP contribution >= 0.6 is 0 Å². The standard InChI is InChI=1S/C30H33F3N2O4/c1-6-9-22(30(31,32)33)10-7-11-24-25(12-8-13-26(24)38-5)27(36)34-23-15-14-21-19-35(17-16-20(21)18-23)28(37)39-29(2,3)4/h6-10,12-15,18H,1,11,16-17,19H2,2-5H3,(H,34,36)/b10-7-,22-9+. The van der Waals surface area contributed by atoms with E-state index in [-0.39, 0.29) is 18.1 Å². The molecular weight excluding hydrogens is 509 g/mol. The Morgan fingerprint density at radius 1 is 1.13 bits per heavy atom. The lowest BCUT2D eigenvalue weighted by molar-refractivity contribution is -0.0882. The van der Waals surface area contributed by atoms with Crippen LogP contribution in [0.15, 0.2) is 72.9 Å². The first-order chi connectivity index (χ1) is 18.3. The van der Waals surface area contributed by atoms with E-state index in [2.05, 4.69) is 11.9 Å². The van der Waals surface area contributed by atoms with Crippen LogP contribution in [0.5, 0.6) is 5.75 Å². The quantitative estimate of drug-likeness (QED) is 0.382. The van der Waals surface area contributed by atoms with E-state index in [1.54, 1.807) is 29.2 Å². The number of ether oxygens (including phenoxy) is 2. The molecule has 2 amide bonds. The highest BCUT2D eigenvalue weighted by Crippen LogP contribution is 2.29. The molecule has 2 aromatic rings. The second kappa shape index (κ2) is 12.2. The Kier molecular flexibility index (Phi) is 9.27. The number of methoxy groups -OCH3 is 1. The molecule has 208 valence electrons. The number of nitrogens with one attached hydrogen (secondary N) is 1. The van der Waals surface area contributed by atoms with Crippen molar-refractivity contribution in [2.24, 2.45) is 0 Å². The Labute approximate surface area is 226 Å². The molecule has 0 unspecified atom stereocenters. The van der Waals surface area contributed by atoms with Gasteiger partial charge in [0, 0.05) is 29.9 Å². The fourth-order valence-electron chi connectivity index (χ4n) is 4.17. The molecule has 0 atom stereocenters. The fourth-order valence-corrected chi connectivity index (χ4v) is 4.17. The van der Waals surface area contributed by atoms with E-state index < -0.39 is 23.3 Å². The number of alkyl halides is 3. The molecule has 0 bridgehead atoms. The molecule has 6 nitrogen and oxygen atoms in total. The van der Waals surface area contributed by atoms with E-state index >= 15 is 0 Å². The monoisotopic (exact) mass is 542 g/mol. The molecule has 1 aliphatic heterocycles. The number of carbonyl (C=O) groups excluding carboxylic acids is 2. The molecule has 2 aromatic carbocycles. The lowest BCUT2D eigenvalue weighted by atomic mass is 9.98. The Hall–Kier alpha value is -4.01. The number of fused-ring (bicyclic) bond motifs is 1. The van der Waals surface area contributed by atoms with Crippen LogP contribution in [0.3, 0.4) is 0 Å². The molecule has 39 heavy (non-hydrogen) atoms. The van der Waals surface area contributed by atoms with Crippen LogP contribution in [0.2, 0.25) is 0 Å². The summed E-state index contributed by atoms with van der Waals surface area (Å²) in [5, 5.41) is 2.88. The highest BCUT2D eigenvalue weighted by atomic mass is 19.4. The average molecular weight is 543 g/mol. The van der Waals surface area contributed by atoms with E-state index in [4.69, 9.17) is 9.47 Å². The van der Waals surface area contributed by atoms with Gasteiger partial charge in [0.15, 0.2) is 0 Å². The summed E-state index contributed by atoms with van der Waals surface area (Å²) >= 11 is 0. The minimum atomic E-state index is -4.53. The molecule has 0 saturated heterocycles. The fraction of sp³-hybridized carbons (Fsp3) is 0.333. The largest absolute Gasteiger partial charge is 0.496 e. The van der Waals surface area contributed by atoms with Crippen molar-refractivity contribution < 1.29 is 32.2 Å². The number of anilines is 1. The third-order valence-electron chi connectivity index (χ3n) is 5.97. The predicted octanol–water partition coefficient (Wildman–Crippen LogP) is 7.01. The van der Waals surface area contributed by atoms with Gasteiger partial charge < -0.3 is 19.7 Å². The van der Waals surface area contributed by atoms with Crippen LogP contribution in [-0.4, -0.2) is 42.3 Å². The topological polar surface area (TPSA) is 67.9 Å². The zero-order valence-electron chi connectivity index (χ0n) is 22.5. The molecule has 0 aromatic heterocycles. The van der Waals surface area contributed by atoms with Gasteiger partial charge in [-0.05, 0) is 69.0 Å². The highest BCUT2D eigenvalue weighted by molar-refractivity contribution is 6.05. The summed E-state index contributed by atoms with van der Waals surface area (Å²) in [7, 11) is 1.44.